The molecule has 3 amide bonds. The topological polar surface area (TPSA) is 253 Å². The molecule has 6 rings (SSSR count). The summed E-state index contributed by atoms with van der Waals surface area (Å²) in [4.78, 5) is 81.9. The summed E-state index contributed by atoms with van der Waals surface area (Å²) < 4.78 is 31.6. The van der Waals surface area contributed by atoms with Crippen molar-refractivity contribution >= 4 is 54.1 Å². The number of aromatic nitrogens is 2. The summed E-state index contributed by atoms with van der Waals surface area (Å²) in [7, 11) is -1.26. The summed E-state index contributed by atoms with van der Waals surface area (Å²) in [6.07, 6.45) is 5.51. The summed E-state index contributed by atoms with van der Waals surface area (Å²) in [5.41, 5.74) is 0.494. The van der Waals surface area contributed by atoms with E-state index in [9.17, 15) is 44.0 Å². The fourth-order valence-electron chi connectivity index (χ4n) is 8.55. The molecular weight excluding hydrogens is 910 g/mol. The number of amides is 3. The van der Waals surface area contributed by atoms with Crippen molar-refractivity contribution in [1.29, 1.82) is 0 Å². The molecule has 1 aliphatic carbocycles. The highest BCUT2D eigenvalue weighted by molar-refractivity contribution is 7.39. The molecule has 1 aromatic heterocycles. The van der Waals surface area contributed by atoms with Crippen LogP contribution in [0.5, 0.6) is 0 Å². The number of imidazole rings is 1. The smallest absolute Gasteiger partial charge is 0.469 e. The number of rotatable bonds is 23. The number of nitrogens with one attached hydrogen (secondary N) is 3. The van der Waals surface area contributed by atoms with E-state index < -0.39 is 77.4 Å². The van der Waals surface area contributed by atoms with Crippen LogP contribution in [0.25, 0.3) is 16.5 Å². The van der Waals surface area contributed by atoms with Gasteiger partial charge in [0.25, 0.3) is 11.4 Å². The molecule has 5 aromatic rings. The number of nitro benzene ring substituents is 2. The van der Waals surface area contributed by atoms with Crippen LogP contribution in [0.3, 0.4) is 0 Å². The molecule has 20 heteroatoms. The second kappa shape index (κ2) is 24.8. The number of hydrogen-bond donors (Lipinski definition) is 3. The number of carbonyl (C=O) groups is 4. The number of methoxy groups -OCH3 is 1. The lowest BCUT2D eigenvalue weighted by Crippen LogP contribution is -2.56. The van der Waals surface area contributed by atoms with Gasteiger partial charge in [0.05, 0.1) is 35.0 Å². The van der Waals surface area contributed by atoms with E-state index in [1.54, 1.807) is 24.3 Å². The third-order valence-corrected chi connectivity index (χ3v) is 13.2. The third-order valence-electron chi connectivity index (χ3n) is 11.9. The number of hydrogen-bond acceptors (Lipinski definition) is 13. The Balaban J connectivity index is 1.32. The van der Waals surface area contributed by atoms with E-state index in [1.807, 2.05) is 62.4 Å². The molecule has 1 saturated carbocycles. The minimum Gasteiger partial charge on any atom is -0.469 e. The van der Waals surface area contributed by atoms with Crippen LogP contribution in [-0.4, -0.2) is 74.9 Å². The molecule has 1 fully saturated rings. The zero-order chi connectivity index (χ0) is 49.5. The number of nitro groups is 2. The number of benzene rings is 4. The molecule has 364 valence electrons. The Morgan fingerprint density at radius 1 is 0.841 bits per heavy atom. The van der Waals surface area contributed by atoms with E-state index >= 15 is 0 Å². The Kier molecular flexibility index (Phi) is 18.4. The van der Waals surface area contributed by atoms with Gasteiger partial charge in [-0.25, -0.2) is 9.78 Å². The first-order chi connectivity index (χ1) is 33.2. The van der Waals surface area contributed by atoms with Gasteiger partial charge in [-0.2, -0.15) is 0 Å². The predicted octanol–water partition coefficient (Wildman–Crippen LogP) is 8.41. The largest absolute Gasteiger partial charge is 0.511 e. The highest BCUT2D eigenvalue weighted by Crippen LogP contribution is 2.35. The van der Waals surface area contributed by atoms with Gasteiger partial charge < -0.3 is 25.4 Å². The minimum atomic E-state index is -2.52. The van der Waals surface area contributed by atoms with Gasteiger partial charge in [-0.3, -0.25) is 39.2 Å². The van der Waals surface area contributed by atoms with Gasteiger partial charge in [-0.1, -0.05) is 119 Å². The van der Waals surface area contributed by atoms with Gasteiger partial charge in [0.2, 0.25) is 11.8 Å². The van der Waals surface area contributed by atoms with E-state index in [-0.39, 0.29) is 55.2 Å². The SMILES string of the molecule is COC(=O)C(CC(C)C)C[P+](=O)OC(CC1CCCCC1)NC(=O)[C@H](Cc1cn(-c2ccc([N+](=O)[O-])cc2[N+](=O)[O-])cn1)NC(=O)C(Cc1cccc2ccccc12)NC(=O)OCc1ccccc1. The molecule has 69 heavy (non-hydrogen) atoms. The van der Waals surface area contributed by atoms with Gasteiger partial charge in [0.15, 0.2) is 12.4 Å². The fraction of sp³-hybridized carbons (Fsp3) is 0.408. The molecule has 4 aromatic carbocycles. The molecule has 1 heterocycles. The van der Waals surface area contributed by atoms with Crippen molar-refractivity contribution in [2.45, 2.75) is 96.6 Å². The molecule has 5 atom stereocenters. The van der Waals surface area contributed by atoms with Crippen molar-refractivity contribution in [3.05, 3.63) is 141 Å². The Morgan fingerprint density at radius 2 is 1.54 bits per heavy atom. The second-order valence-corrected chi connectivity index (χ2v) is 18.8. The van der Waals surface area contributed by atoms with E-state index in [4.69, 9.17) is 14.0 Å². The monoisotopic (exact) mass is 966 g/mol. The van der Waals surface area contributed by atoms with Crippen LogP contribution in [0.4, 0.5) is 16.2 Å². The Bertz CT molecular complexity index is 2610. The number of nitrogens with zero attached hydrogens (tertiary/aromatic N) is 4. The predicted molar refractivity (Wildman–Crippen MR) is 255 cm³/mol. The van der Waals surface area contributed by atoms with Crippen LogP contribution < -0.4 is 16.0 Å². The van der Waals surface area contributed by atoms with Crippen LogP contribution in [0.15, 0.2) is 104 Å². The van der Waals surface area contributed by atoms with Crippen molar-refractivity contribution in [3.8, 4) is 5.69 Å². The molecule has 1 aliphatic rings. The Labute approximate surface area is 399 Å². The van der Waals surface area contributed by atoms with Crippen molar-refractivity contribution in [2.75, 3.05) is 13.3 Å². The van der Waals surface area contributed by atoms with Crippen LogP contribution in [0.1, 0.15) is 75.6 Å². The number of ether oxygens (including phenoxy) is 2. The Hall–Kier alpha value is -7.11. The third kappa shape index (κ3) is 14.9. The lowest BCUT2D eigenvalue weighted by Gasteiger charge is -2.27. The van der Waals surface area contributed by atoms with Crippen molar-refractivity contribution < 1.29 is 47.6 Å². The molecular formula is C49H57N7O12P+. The quantitative estimate of drug-likeness (QED) is 0.0183. The maximum atomic E-state index is 14.7. The van der Waals surface area contributed by atoms with Gasteiger partial charge in [-0.15, -0.1) is 4.52 Å². The van der Waals surface area contributed by atoms with Crippen molar-refractivity contribution in [1.82, 2.24) is 25.5 Å². The molecule has 0 aliphatic heterocycles. The second-order valence-electron chi connectivity index (χ2n) is 17.5. The molecule has 0 radical (unpaired) electrons. The number of non-ortho nitro benzene ring substituents is 1. The highest BCUT2D eigenvalue weighted by Gasteiger charge is 2.37. The van der Waals surface area contributed by atoms with Gasteiger partial charge in [0, 0.05) is 25.1 Å². The first-order valence-corrected chi connectivity index (χ1v) is 24.2. The zero-order valence-electron chi connectivity index (χ0n) is 38.7. The Morgan fingerprint density at radius 3 is 2.25 bits per heavy atom. The summed E-state index contributed by atoms with van der Waals surface area (Å²) >= 11 is 0. The normalized spacial score (nSPS) is 14.8. The van der Waals surface area contributed by atoms with Crippen LogP contribution in [0.2, 0.25) is 0 Å². The van der Waals surface area contributed by atoms with Crippen molar-refractivity contribution in [2.24, 2.45) is 17.8 Å². The maximum Gasteiger partial charge on any atom is 0.511 e. The number of fused-ring (bicyclic) bond motifs is 1. The standard InChI is InChI=1S/C49H56N7O12P/c1-32(2)23-37(48(59)66-3)30-69(65)68-45(24-33-13-6-4-7-14-33)53-47(58)42(26-38-28-54(31-50-38)43-22-21-39(55(61)62)27-44(43)56(63)64)51-46(57)41(52-49(60)67-29-34-15-8-5-9-16-34)25-36-19-12-18-35-17-10-11-20-40(35)36/h5,8-12,15-22,27-28,31-33,37,41-42,45H,4,6-7,13-14,23-26,29-30H2,1-3H3,(H2-,51,52,53,57,58,60)/p+1/t37?,41?,42-,45?/m0/s1. The molecule has 0 saturated heterocycles. The van der Waals surface area contributed by atoms with Crippen molar-refractivity contribution in [3.63, 3.8) is 0 Å². The molecule has 0 bridgehead atoms. The minimum absolute atomic E-state index is 0.0218. The summed E-state index contributed by atoms with van der Waals surface area (Å²) in [6, 6.07) is 22.5. The summed E-state index contributed by atoms with van der Waals surface area (Å²) in [5.74, 6) is -2.58. The van der Waals surface area contributed by atoms with Crippen LogP contribution in [0, 0.1) is 38.0 Å². The summed E-state index contributed by atoms with van der Waals surface area (Å²) in [6.45, 7) is 3.77. The highest BCUT2D eigenvalue weighted by atomic mass is 31.1. The lowest BCUT2D eigenvalue weighted by atomic mass is 9.86. The number of alkyl carbamates (subject to hydrolysis) is 1. The first-order valence-electron chi connectivity index (χ1n) is 22.9. The molecule has 19 nitrogen and oxygen atoms in total. The first kappa shape index (κ1) is 51.3. The van der Waals surface area contributed by atoms with Gasteiger partial charge in [0.1, 0.15) is 30.3 Å². The lowest BCUT2D eigenvalue weighted by molar-refractivity contribution is -0.394. The molecule has 4 unspecified atom stereocenters. The average molecular weight is 967 g/mol. The number of esters is 1. The van der Waals surface area contributed by atoms with E-state index in [2.05, 4.69) is 20.9 Å². The van der Waals surface area contributed by atoms with E-state index in [0.29, 0.717) is 17.5 Å². The van der Waals surface area contributed by atoms with E-state index in [0.717, 1.165) is 55.0 Å². The summed E-state index contributed by atoms with van der Waals surface area (Å²) in [5, 5.41) is 33.6. The van der Waals surface area contributed by atoms with Crippen LogP contribution in [-0.2, 0) is 52.4 Å². The maximum absolute atomic E-state index is 14.7. The molecule has 0 spiro atoms. The zero-order valence-corrected chi connectivity index (χ0v) is 39.6. The van der Waals surface area contributed by atoms with Gasteiger partial charge in [-0.05, 0) is 57.2 Å². The average Bonchev–Trinajstić information content (AvgIpc) is 3.81. The fourth-order valence-corrected chi connectivity index (χ4v) is 9.71. The van der Waals surface area contributed by atoms with Gasteiger partial charge >= 0.3 is 20.1 Å². The van der Waals surface area contributed by atoms with Crippen LogP contribution >= 0.6 is 8.03 Å². The van der Waals surface area contributed by atoms with E-state index in [1.165, 1.54) is 30.3 Å². The number of carbonyl (C=O) groups excluding carboxylic acids is 4. The molecule has 3 N–H and O–H groups in total.